The van der Waals surface area contributed by atoms with E-state index >= 15 is 0 Å². The van der Waals surface area contributed by atoms with Crippen LogP contribution in [0, 0.1) is 5.92 Å². The van der Waals surface area contributed by atoms with Gasteiger partial charge in [-0.05, 0) is 12.8 Å². The van der Waals surface area contributed by atoms with Crippen molar-refractivity contribution in [1.29, 1.82) is 0 Å². The summed E-state index contributed by atoms with van der Waals surface area (Å²) in [7, 11) is 1.44. The van der Waals surface area contributed by atoms with E-state index < -0.39 is 5.97 Å². The van der Waals surface area contributed by atoms with Crippen LogP contribution >= 0.6 is 0 Å². The average molecular weight is 260 g/mol. The van der Waals surface area contributed by atoms with Crippen LogP contribution in [0.5, 0.6) is 0 Å². The lowest BCUT2D eigenvalue weighted by molar-refractivity contribution is -0.145. The molecule has 0 aliphatic heterocycles. The van der Waals surface area contributed by atoms with Gasteiger partial charge >= 0.3 is 11.9 Å². The SMILES string of the molecule is CCCCC(C)C(=O)OC.CCCCCC(=O)O. The Balaban J connectivity index is 0. The van der Waals surface area contributed by atoms with E-state index in [4.69, 9.17) is 5.11 Å². The zero-order chi connectivity index (χ0) is 14.4. The standard InChI is InChI=1S/C8H16O2.C6H12O2/c1-4-5-6-7(2)8(9)10-3;1-2-3-4-5-6(7)8/h7H,4-6H2,1-3H3;2-5H2,1H3,(H,7,8). The first-order chi connectivity index (χ1) is 8.49. The highest BCUT2D eigenvalue weighted by Gasteiger charge is 2.10. The van der Waals surface area contributed by atoms with E-state index in [1.54, 1.807) is 0 Å². The number of carboxylic acid groups (broad SMARTS) is 1. The Hall–Kier alpha value is -1.06. The number of hydrogen-bond acceptors (Lipinski definition) is 3. The molecule has 1 N–H and O–H groups in total. The maximum Gasteiger partial charge on any atom is 0.308 e. The van der Waals surface area contributed by atoms with Crippen LogP contribution in [-0.4, -0.2) is 24.2 Å². The van der Waals surface area contributed by atoms with E-state index in [1.165, 1.54) is 7.11 Å². The molecule has 0 heterocycles. The Morgan fingerprint density at radius 3 is 2.06 bits per heavy atom. The van der Waals surface area contributed by atoms with Gasteiger partial charge in [0.15, 0.2) is 0 Å². The number of methoxy groups -OCH3 is 1. The fourth-order valence-electron chi connectivity index (χ4n) is 1.36. The highest BCUT2D eigenvalue weighted by molar-refractivity contribution is 5.71. The Kier molecular flexibility index (Phi) is 15.0. The number of ether oxygens (including phenoxy) is 1. The van der Waals surface area contributed by atoms with Crippen molar-refractivity contribution in [2.75, 3.05) is 7.11 Å². The van der Waals surface area contributed by atoms with Gasteiger partial charge in [-0.2, -0.15) is 0 Å². The summed E-state index contributed by atoms with van der Waals surface area (Å²) >= 11 is 0. The molecule has 0 saturated carbocycles. The maximum absolute atomic E-state index is 10.8. The number of carbonyl (C=O) groups is 2. The average Bonchev–Trinajstić information content (AvgIpc) is 2.35. The fraction of sp³-hybridized carbons (Fsp3) is 0.857. The van der Waals surface area contributed by atoms with Crippen LogP contribution in [0.3, 0.4) is 0 Å². The summed E-state index contributed by atoms with van der Waals surface area (Å²) in [6.07, 6.45) is 6.47. The number of hydrogen-bond donors (Lipinski definition) is 1. The zero-order valence-corrected chi connectivity index (χ0v) is 12.2. The summed E-state index contributed by atoms with van der Waals surface area (Å²) in [6.45, 7) is 6.08. The first-order valence-corrected chi connectivity index (χ1v) is 6.79. The molecule has 0 aliphatic carbocycles. The second-order valence-electron chi connectivity index (χ2n) is 4.42. The summed E-state index contributed by atoms with van der Waals surface area (Å²) in [5.41, 5.74) is 0. The van der Waals surface area contributed by atoms with Gasteiger partial charge in [0.25, 0.3) is 0 Å². The van der Waals surface area contributed by atoms with Crippen molar-refractivity contribution in [1.82, 2.24) is 0 Å². The number of aliphatic carboxylic acids is 1. The highest BCUT2D eigenvalue weighted by atomic mass is 16.5. The predicted molar refractivity (Wildman–Crippen MR) is 72.5 cm³/mol. The minimum atomic E-state index is -0.682. The Bertz CT molecular complexity index is 214. The molecule has 0 spiro atoms. The van der Waals surface area contributed by atoms with E-state index in [0.29, 0.717) is 6.42 Å². The molecular formula is C14H28O4. The first-order valence-electron chi connectivity index (χ1n) is 6.79. The van der Waals surface area contributed by atoms with Crippen LogP contribution in [-0.2, 0) is 14.3 Å². The molecule has 0 aromatic heterocycles. The van der Waals surface area contributed by atoms with Gasteiger partial charge in [0, 0.05) is 6.42 Å². The third-order valence-corrected chi connectivity index (χ3v) is 2.59. The summed E-state index contributed by atoms with van der Waals surface area (Å²) in [4.78, 5) is 20.7. The van der Waals surface area contributed by atoms with Crippen LogP contribution in [0.15, 0.2) is 0 Å². The monoisotopic (exact) mass is 260 g/mol. The molecule has 0 radical (unpaired) electrons. The molecule has 108 valence electrons. The van der Waals surface area contributed by atoms with Gasteiger partial charge in [0.2, 0.25) is 0 Å². The van der Waals surface area contributed by atoms with Crippen molar-refractivity contribution in [3.63, 3.8) is 0 Å². The van der Waals surface area contributed by atoms with E-state index in [1.807, 2.05) is 6.92 Å². The molecule has 0 rings (SSSR count). The lowest BCUT2D eigenvalue weighted by Gasteiger charge is -2.06. The van der Waals surface area contributed by atoms with E-state index in [9.17, 15) is 9.59 Å². The van der Waals surface area contributed by atoms with Gasteiger partial charge in [-0.3, -0.25) is 9.59 Å². The molecular weight excluding hydrogens is 232 g/mol. The maximum atomic E-state index is 10.8. The lowest BCUT2D eigenvalue weighted by Crippen LogP contribution is -2.12. The molecule has 0 aromatic rings. The summed E-state index contributed by atoms with van der Waals surface area (Å²) < 4.78 is 4.57. The molecule has 1 atom stereocenters. The molecule has 0 amide bonds. The predicted octanol–water partition coefficient (Wildman–Crippen LogP) is 3.64. The molecule has 0 fully saturated rings. The summed E-state index contributed by atoms with van der Waals surface area (Å²) in [6, 6.07) is 0. The third-order valence-electron chi connectivity index (χ3n) is 2.59. The van der Waals surface area contributed by atoms with Crippen molar-refractivity contribution < 1.29 is 19.4 Å². The third kappa shape index (κ3) is 14.9. The lowest BCUT2D eigenvalue weighted by atomic mass is 10.1. The second kappa shape index (κ2) is 14.0. The van der Waals surface area contributed by atoms with Crippen molar-refractivity contribution in [3.8, 4) is 0 Å². The normalized spacial score (nSPS) is 11.1. The molecule has 4 nitrogen and oxygen atoms in total. The quantitative estimate of drug-likeness (QED) is 0.534. The van der Waals surface area contributed by atoms with Gasteiger partial charge in [-0.1, -0.05) is 46.5 Å². The number of rotatable bonds is 8. The van der Waals surface area contributed by atoms with Crippen LogP contribution in [0.1, 0.15) is 65.7 Å². The number of carbonyl (C=O) groups excluding carboxylic acids is 1. The van der Waals surface area contributed by atoms with Crippen LogP contribution in [0.4, 0.5) is 0 Å². The first kappa shape index (κ1) is 19.3. The molecule has 0 bridgehead atoms. The van der Waals surface area contributed by atoms with Crippen molar-refractivity contribution in [2.45, 2.75) is 65.7 Å². The number of esters is 1. The molecule has 4 heteroatoms. The van der Waals surface area contributed by atoms with Crippen LogP contribution in [0.2, 0.25) is 0 Å². The van der Waals surface area contributed by atoms with Crippen molar-refractivity contribution >= 4 is 11.9 Å². The topological polar surface area (TPSA) is 63.6 Å². The van der Waals surface area contributed by atoms with E-state index in [-0.39, 0.29) is 11.9 Å². The summed E-state index contributed by atoms with van der Waals surface area (Å²) in [5, 5.41) is 8.14. The van der Waals surface area contributed by atoms with E-state index in [2.05, 4.69) is 18.6 Å². The Morgan fingerprint density at radius 1 is 1.11 bits per heavy atom. The smallest absolute Gasteiger partial charge is 0.308 e. The van der Waals surface area contributed by atoms with Crippen molar-refractivity contribution in [2.24, 2.45) is 5.92 Å². The Labute approximate surface area is 111 Å². The molecule has 0 aromatic carbocycles. The van der Waals surface area contributed by atoms with Gasteiger partial charge in [-0.15, -0.1) is 0 Å². The van der Waals surface area contributed by atoms with Gasteiger partial charge < -0.3 is 9.84 Å². The minimum Gasteiger partial charge on any atom is -0.481 e. The highest BCUT2D eigenvalue weighted by Crippen LogP contribution is 2.08. The van der Waals surface area contributed by atoms with E-state index in [0.717, 1.165) is 38.5 Å². The van der Waals surface area contributed by atoms with Gasteiger partial charge in [-0.25, -0.2) is 0 Å². The Morgan fingerprint density at radius 2 is 1.67 bits per heavy atom. The second-order valence-corrected chi connectivity index (χ2v) is 4.42. The molecule has 18 heavy (non-hydrogen) atoms. The van der Waals surface area contributed by atoms with Crippen LogP contribution < -0.4 is 0 Å². The van der Waals surface area contributed by atoms with Crippen molar-refractivity contribution in [3.05, 3.63) is 0 Å². The van der Waals surface area contributed by atoms with Gasteiger partial charge in [0.1, 0.15) is 0 Å². The minimum absolute atomic E-state index is 0.0740. The number of carboxylic acids is 1. The van der Waals surface area contributed by atoms with Crippen LogP contribution in [0.25, 0.3) is 0 Å². The zero-order valence-electron chi connectivity index (χ0n) is 12.2. The molecule has 0 aliphatic rings. The molecule has 1 unspecified atom stereocenters. The summed E-state index contributed by atoms with van der Waals surface area (Å²) in [5.74, 6) is -0.697. The largest absolute Gasteiger partial charge is 0.481 e. The van der Waals surface area contributed by atoms with Gasteiger partial charge in [0.05, 0.1) is 13.0 Å². The number of unbranched alkanes of at least 4 members (excludes halogenated alkanes) is 3. The fourth-order valence-corrected chi connectivity index (χ4v) is 1.36. The molecule has 0 saturated heterocycles.